The Morgan fingerprint density at radius 1 is 1.16 bits per heavy atom. The maximum Gasteiger partial charge on any atom is 0.269 e. The molecule has 0 aliphatic rings. The molecule has 3 aromatic rings. The first-order chi connectivity index (χ1) is 12.0. The standard InChI is InChI=1S/C17H16N4O2S2/c1-11-5-3-6-12(2)15(11)18-16-19-20-17(25-16)24-10-13-7-4-8-14(9-13)21(22)23/h3-9H,10H2,1-2H3,(H,18,19). The van der Waals surface area contributed by atoms with Crippen molar-refractivity contribution in [2.24, 2.45) is 0 Å². The second-order valence-corrected chi connectivity index (χ2v) is 7.68. The van der Waals surface area contributed by atoms with Gasteiger partial charge >= 0.3 is 0 Å². The van der Waals surface area contributed by atoms with Crippen molar-refractivity contribution in [3.05, 3.63) is 69.3 Å². The van der Waals surface area contributed by atoms with Gasteiger partial charge in [-0.15, -0.1) is 10.2 Å². The van der Waals surface area contributed by atoms with E-state index < -0.39 is 0 Å². The minimum atomic E-state index is -0.383. The first-order valence-electron chi connectivity index (χ1n) is 7.56. The van der Waals surface area contributed by atoms with Gasteiger partial charge in [0.05, 0.1) is 4.92 Å². The van der Waals surface area contributed by atoms with Crippen molar-refractivity contribution in [3.8, 4) is 0 Å². The van der Waals surface area contributed by atoms with Crippen molar-refractivity contribution in [3.63, 3.8) is 0 Å². The van der Waals surface area contributed by atoms with Crippen LogP contribution in [0.2, 0.25) is 0 Å². The Balaban J connectivity index is 1.66. The molecule has 0 aliphatic heterocycles. The number of non-ortho nitro benzene ring substituents is 1. The Bertz CT molecular complexity index is 891. The minimum absolute atomic E-state index is 0.104. The van der Waals surface area contributed by atoms with Gasteiger partial charge in [-0.3, -0.25) is 10.1 Å². The van der Waals surface area contributed by atoms with Crippen molar-refractivity contribution in [1.29, 1.82) is 0 Å². The Morgan fingerprint density at radius 3 is 2.60 bits per heavy atom. The summed E-state index contributed by atoms with van der Waals surface area (Å²) in [5.41, 5.74) is 4.35. The number of benzene rings is 2. The molecule has 0 saturated carbocycles. The van der Waals surface area contributed by atoms with E-state index in [1.165, 1.54) is 29.2 Å². The number of thioether (sulfide) groups is 1. The monoisotopic (exact) mass is 372 g/mol. The number of hydrogen-bond donors (Lipinski definition) is 1. The molecule has 1 aromatic heterocycles. The molecule has 3 rings (SSSR count). The number of aromatic nitrogens is 2. The summed E-state index contributed by atoms with van der Waals surface area (Å²) in [7, 11) is 0. The van der Waals surface area contributed by atoms with Crippen molar-refractivity contribution in [2.75, 3.05) is 5.32 Å². The highest BCUT2D eigenvalue weighted by Gasteiger charge is 2.10. The molecule has 2 aromatic carbocycles. The fourth-order valence-electron chi connectivity index (χ4n) is 2.34. The van der Waals surface area contributed by atoms with Crippen molar-refractivity contribution in [1.82, 2.24) is 10.2 Å². The zero-order chi connectivity index (χ0) is 17.8. The molecular formula is C17H16N4O2S2. The lowest BCUT2D eigenvalue weighted by atomic mass is 10.1. The number of anilines is 2. The maximum absolute atomic E-state index is 10.8. The molecule has 0 fully saturated rings. The molecular weight excluding hydrogens is 356 g/mol. The molecule has 8 heteroatoms. The number of hydrogen-bond acceptors (Lipinski definition) is 7. The third-order valence-electron chi connectivity index (χ3n) is 3.60. The molecule has 0 radical (unpaired) electrons. The first-order valence-corrected chi connectivity index (χ1v) is 9.36. The fourth-order valence-corrected chi connectivity index (χ4v) is 4.04. The normalized spacial score (nSPS) is 10.6. The molecule has 128 valence electrons. The molecule has 0 saturated heterocycles. The summed E-state index contributed by atoms with van der Waals surface area (Å²) < 4.78 is 0.820. The van der Waals surface area contributed by atoms with Gasteiger partial charge in [0.1, 0.15) is 0 Å². The summed E-state index contributed by atoms with van der Waals surface area (Å²) in [5, 5.41) is 23.2. The topological polar surface area (TPSA) is 81.0 Å². The quantitative estimate of drug-likeness (QED) is 0.368. The van der Waals surface area contributed by atoms with Crippen LogP contribution in [0.1, 0.15) is 16.7 Å². The lowest BCUT2D eigenvalue weighted by Gasteiger charge is -2.09. The Morgan fingerprint density at radius 2 is 1.88 bits per heavy atom. The minimum Gasteiger partial charge on any atom is -0.330 e. The predicted molar refractivity (Wildman–Crippen MR) is 102 cm³/mol. The first kappa shape index (κ1) is 17.4. The molecule has 0 spiro atoms. The SMILES string of the molecule is Cc1cccc(C)c1Nc1nnc(SCc2cccc([N+](=O)[O-])c2)s1. The number of nitrogens with one attached hydrogen (secondary N) is 1. The van der Waals surface area contributed by atoms with E-state index in [1.807, 2.05) is 38.1 Å². The van der Waals surface area contributed by atoms with Gasteiger partial charge in [-0.25, -0.2) is 0 Å². The molecule has 0 bridgehead atoms. The summed E-state index contributed by atoms with van der Waals surface area (Å²) in [6.45, 7) is 4.10. The number of rotatable bonds is 6. The maximum atomic E-state index is 10.8. The fraction of sp³-hybridized carbons (Fsp3) is 0.176. The summed E-state index contributed by atoms with van der Waals surface area (Å²) in [4.78, 5) is 10.4. The lowest BCUT2D eigenvalue weighted by Crippen LogP contribution is -1.95. The van der Waals surface area contributed by atoms with E-state index in [2.05, 4.69) is 15.5 Å². The van der Waals surface area contributed by atoms with E-state index in [0.29, 0.717) is 5.75 Å². The van der Waals surface area contributed by atoms with Gasteiger partial charge in [0.2, 0.25) is 5.13 Å². The summed E-state index contributed by atoms with van der Waals surface area (Å²) >= 11 is 2.99. The van der Waals surface area contributed by atoms with Crippen molar-refractivity contribution in [2.45, 2.75) is 23.9 Å². The number of nitrogens with zero attached hydrogens (tertiary/aromatic N) is 3. The third kappa shape index (κ3) is 4.34. The second kappa shape index (κ2) is 7.62. The highest BCUT2D eigenvalue weighted by molar-refractivity contribution is 8.00. The third-order valence-corrected chi connectivity index (χ3v) is 5.65. The largest absolute Gasteiger partial charge is 0.330 e. The molecule has 0 aliphatic carbocycles. The predicted octanol–water partition coefficient (Wildman–Crippen LogP) is 5.10. The van der Waals surface area contributed by atoms with Crippen LogP contribution in [0.25, 0.3) is 0 Å². The zero-order valence-electron chi connectivity index (χ0n) is 13.7. The van der Waals surface area contributed by atoms with Gasteiger partial charge < -0.3 is 5.32 Å². The van der Waals surface area contributed by atoms with Crippen LogP contribution in [-0.2, 0) is 5.75 Å². The molecule has 1 heterocycles. The number of nitro groups is 1. The van der Waals surface area contributed by atoms with Crippen LogP contribution in [0.4, 0.5) is 16.5 Å². The lowest BCUT2D eigenvalue weighted by molar-refractivity contribution is -0.384. The van der Waals surface area contributed by atoms with Crippen LogP contribution < -0.4 is 5.32 Å². The Hall–Kier alpha value is -2.45. The van der Waals surface area contributed by atoms with Crippen LogP contribution in [0.3, 0.4) is 0 Å². The average molecular weight is 372 g/mol. The zero-order valence-corrected chi connectivity index (χ0v) is 15.4. The van der Waals surface area contributed by atoms with Crippen LogP contribution in [0.5, 0.6) is 0 Å². The van der Waals surface area contributed by atoms with Crippen LogP contribution >= 0.6 is 23.1 Å². The van der Waals surface area contributed by atoms with Crippen LogP contribution in [0.15, 0.2) is 46.8 Å². The number of aryl methyl sites for hydroxylation is 2. The van der Waals surface area contributed by atoms with Gasteiger partial charge in [-0.2, -0.15) is 0 Å². The van der Waals surface area contributed by atoms with Gasteiger partial charge in [0.25, 0.3) is 5.69 Å². The van der Waals surface area contributed by atoms with Crippen LogP contribution in [0, 0.1) is 24.0 Å². The molecule has 1 N–H and O–H groups in total. The van der Waals surface area contributed by atoms with E-state index in [9.17, 15) is 10.1 Å². The molecule has 0 unspecified atom stereocenters. The van der Waals surface area contributed by atoms with Crippen molar-refractivity contribution < 1.29 is 4.92 Å². The molecule has 0 amide bonds. The number of para-hydroxylation sites is 1. The van der Waals surface area contributed by atoms with Gasteiger partial charge in [0, 0.05) is 23.6 Å². The molecule has 25 heavy (non-hydrogen) atoms. The number of nitro benzene ring substituents is 1. The van der Waals surface area contributed by atoms with E-state index in [4.69, 9.17) is 0 Å². The second-order valence-electron chi connectivity index (χ2n) is 5.48. The van der Waals surface area contributed by atoms with Gasteiger partial charge in [-0.1, -0.05) is 53.4 Å². The van der Waals surface area contributed by atoms with Crippen molar-refractivity contribution >= 4 is 39.6 Å². The van der Waals surface area contributed by atoms with E-state index in [-0.39, 0.29) is 10.6 Å². The van der Waals surface area contributed by atoms with Gasteiger partial charge in [0.15, 0.2) is 4.34 Å². The molecule has 0 atom stereocenters. The van der Waals surface area contributed by atoms with Crippen LogP contribution in [-0.4, -0.2) is 15.1 Å². The summed E-state index contributed by atoms with van der Waals surface area (Å²) in [6.07, 6.45) is 0. The van der Waals surface area contributed by atoms with E-state index >= 15 is 0 Å². The molecule has 6 nitrogen and oxygen atoms in total. The highest BCUT2D eigenvalue weighted by Crippen LogP contribution is 2.32. The summed E-state index contributed by atoms with van der Waals surface area (Å²) in [5.74, 6) is 0.611. The van der Waals surface area contributed by atoms with Gasteiger partial charge in [-0.05, 0) is 30.5 Å². The van der Waals surface area contributed by atoms with E-state index in [0.717, 1.165) is 31.8 Å². The summed E-state index contributed by atoms with van der Waals surface area (Å²) in [6, 6.07) is 12.8. The highest BCUT2D eigenvalue weighted by atomic mass is 32.2. The Labute approximate surface area is 153 Å². The van der Waals surface area contributed by atoms with E-state index in [1.54, 1.807) is 12.1 Å². The Kier molecular flexibility index (Phi) is 5.30. The smallest absolute Gasteiger partial charge is 0.269 e. The average Bonchev–Trinajstić information content (AvgIpc) is 3.04.